The second kappa shape index (κ2) is 7.37. The molecule has 28 heavy (non-hydrogen) atoms. The van der Waals surface area contributed by atoms with Gasteiger partial charge in [0.05, 0.1) is 6.04 Å². The van der Waals surface area contributed by atoms with Gasteiger partial charge < -0.3 is 19.5 Å². The normalized spacial score (nSPS) is 29.3. The first kappa shape index (κ1) is 18.7. The second-order valence-corrected chi connectivity index (χ2v) is 7.32. The molecule has 2 aromatic rings. The number of hydrogen-bond acceptors (Lipinski definition) is 5. The number of carboxylic acids is 1. The zero-order valence-corrected chi connectivity index (χ0v) is 16.0. The largest absolute Gasteiger partial charge is 0.479 e. The molecule has 146 valence electrons. The predicted molar refractivity (Wildman–Crippen MR) is 105 cm³/mol. The maximum atomic E-state index is 12.3. The summed E-state index contributed by atoms with van der Waals surface area (Å²) in [5.41, 5.74) is 0.532. The molecule has 1 fully saturated rings. The highest BCUT2D eigenvalue weighted by Crippen LogP contribution is 2.42. The van der Waals surface area contributed by atoms with Gasteiger partial charge in [0.15, 0.2) is 18.1 Å². The Morgan fingerprint density at radius 2 is 1.71 bits per heavy atom. The standard InChI is InChI=1S/C22H24N2O4/c1-15-27-18(28-15)13-14-24-19(16-9-5-3-6-10-16)22(2,21(25)26)23-20(24)17-11-7-4-8-12-17/h3-12,15,18-19H,13-14H2,1-2H3,(H,25,26)/t15?,18?,19-,22-/m0/s1. The van der Waals surface area contributed by atoms with Crippen LogP contribution < -0.4 is 0 Å². The number of aliphatic carboxylic acids is 1. The Morgan fingerprint density at radius 1 is 1.11 bits per heavy atom. The second-order valence-electron chi connectivity index (χ2n) is 7.32. The van der Waals surface area contributed by atoms with E-state index in [2.05, 4.69) is 4.90 Å². The van der Waals surface area contributed by atoms with E-state index < -0.39 is 17.6 Å². The van der Waals surface area contributed by atoms with Crippen LogP contribution in [0.25, 0.3) is 0 Å². The zero-order valence-electron chi connectivity index (χ0n) is 16.0. The van der Waals surface area contributed by atoms with Crippen LogP contribution in [0.4, 0.5) is 0 Å². The topological polar surface area (TPSA) is 71.4 Å². The van der Waals surface area contributed by atoms with Gasteiger partial charge in [-0.2, -0.15) is 0 Å². The number of carboxylic acid groups (broad SMARTS) is 1. The summed E-state index contributed by atoms with van der Waals surface area (Å²) >= 11 is 0. The van der Waals surface area contributed by atoms with E-state index in [1.165, 1.54) is 0 Å². The first-order valence-corrected chi connectivity index (χ1v) is 9.50. The van der Waals surface area contributed by atoms with E-state index in [0.29, 0.717) is 18.8 Å². The van der Waals surface area contributed by atoms with Crippen LogP contribution in [0.5, 0.6) is 0 Å². The molecule has 0 aromatic heterocycles. The fourth-order valence-corrected chi connectivity index (χ4v) is 3.95. The van der Waals surface area contributed by atoms with Crippen molar-refractivity contribution in [3.05, 3.63) is 71.8 Å². The van der Waals surface area contributed by atoms with E-state index in [0.717, 1.165) is 11.1 Å². The molecule has 1 saturated heterocycles. The van der Waals surface area contributed by atoms with Gasteiger partial charge in [0.1, 0.15) is 5.84 Å². The molecule has 0 amide bonds. The highest BCUT2D eigenvalue weighted by Gasteiger charge is 2.52. The van der Waals surface area contributed by atoms with Crippen molar-refractivity contribution in [1.29, 1.82) is 0 Å². The van der Waals surface area contributed by atoms with E-state index in [9.17, 15) is 9.90 Å². The lowest BCUT2D eigenvalue weighted by atomic mass is 9.87. The van der Waals surface area contributed by atoms with Crippen LogP contribution in [0, 0.1) is 0 Å². The minimum absolute atomic E-state index is 0.181. The lowest BCUT2D eigenvalue weighted by molar-refractivity contribution is -0.377. The number of carbonyl (C=O) groups is 1. The summed E-state index contributed by atoms with van der Waals surface area (Å²) in [6.07, 6.45) is 0.190. The van der Waals surface area contributed by atoms with Crippen molar-refractivity contribution in [2.75, 3.05) is 6.54 Å². The van der Waals surface area contributed by atoms with Gasteiger partial charge in [-0.3, -0.25) is 0 Å². The maximum absolute atomic E-state index is 12.3. The van der Waals surface area contributed by atoms with Gasteiger partial charge in [0.2, 0.25) is 0 Å². The van der Waals surface area contributed by atoms with Crippen LogP contribution in [0.2, 0.25) is 0 Å². The number of benzene rings is 2. The van der Waals surface area contributed by atoms with Crippen molar-refractivity contribution < 1.29 is 19.4 Å². The quantitative estimate of drug-likeness (QED) is 0.831. The van der Waals surface area contributed by atoms with Crippen molar-refractivity contribution in [1.82, 2.24) is 4.90 Å². The number of rotatable bonds is 6. The summed E-state index contributed by atoms with van der Waals surface area (Å²) in [5, 5.41) is 10.1. The summed E-state index contributed by atoms with van der Waals surface area (Å²) in [6, 6.07) is 19.0. The van der Waals surface area contributed by atoms with Gasteiger partial charge in [-0.05, 0) is 19.4 Å². The molecule has 0 spiro atoms. The molecule has 0 bridgehead atoms. The zero-order chi connectivity index (χ0) is 19.7. The van der Waals surface area contributed by atoms with Gasteiger partial charge in [-0.1, -0.05) is 60.7 Å². The van der Waals surface area contributed by atoms with Crippen LogP contribution in [0.1, 0.15) is 37.4 Å². The van der Waals surface area contributed by atoms with E-state index in [4.69, 9.17) is 14.5 Å². The lowest BCUT2D eigenvalue weighted by Crippen LogP contribution is -2.46. The van der Waals surface area contributed by atoms with Crippen LogP contribution in [-0.2, 0) is 14.3 Å². The first-order chi connectivity index (χ1) is 13.5. The lowest BCUT2D eigenvalue weighted by Gasteiger charge is -2.38. The highest BCUT2D eigenvalue weighted by atomic mass is 16.9. The Labute approximate surface area is 164 Å². The number of hydrogen-bond donors (Lipinski definition) is 1. The molecule has 0 saturated carbocycles. The Bertz CT molecular complexity index is 865. The molecule has 6 nitrogen and oxygen atoms in total. The molecule has 0 radical (unpaired) electrons. The molecule has 0 unspecified atom stereocenters. The molecular weight excluding hydrogens is 356 g/mol. The van der Waals surface area contributed by atoms with Crippen LogP contribution >= 0.6 is 0 Å². The van der Waals surface area contributed by atoms with Gasteiger partial charge in [0.25, 0.3) is 0 Å². The van der Waals surface area contributed by atoms with Crippen molar-refractivity contribution >= 4 is 11.8 Å². The Hall–Kier alpha value is -2.70. The Kier molecular flexibility index (Phi) is 4.91. The Morgan fingerprint density at radius 3 is 2.29 bits per heavy atom. The summed E-state index contributed by atoms with van der Waals surface area (Å²) in [7, 11) is 0. The van der Waals surface area contributed by atoms with E-state index in [1.54, 1.807) is 6.92 Å². The number of ether oxygens (including phenoxy) is 2. The summed E-state index contributed by atoms with van der Waals surface area (Å²) < 4.78 is 11.2. The molecule has 6 heteroatoms. The predicted octanol–water partition coefficient (Wildman–Crippen LogP) is 3.44. The summed E-state index contributed by atoms with van der Waals surface area (Å²) in [4.78, 5) is 19.1. The van der Waals surface area contributed by atoms with Crippen molar-refractivity contribution in [3.8, 4) is 0 Å². The molecule has 2 atom stereocenters. The van der Waals surface area contributed by atoms with Crippen LogP contribution in [-0.4, -0.2) is 46.5 Å². The highest BCUT2D eigenvalue weighted by molar-refractivity contribution is 6.03. The monoisotopic (exact) mass is 380 g/mol. The first-order valence-electron chi connectivity index (χ1n) is 9.50. The molecule has 0 aliphatic carbocycles. The molecule has 2 aliphatic heterocycles. The molecule has 1 N–H and O–H groups in total. The number of aliphatic imine (C=N–C) groups is 1. The van der Waals surface area contributed by atoms with Gasteiger partial charge in [0, 0.05) is 18.5 Å². The van der Waals surface area contributed by atoms with E-state index >= 15 is 0 Å². The molecule has 2 aliphatic rings. The summed E-state index contributed by atoms with van der Waals surface area (Å²) in [5.74, 6) is -0.256. The molecule has 4 rings (SSSR count). The van der Waals surface area contributed by atoms with Crippen molar-refractivity contribution in [2.45, 2.75) is 44.4 Å². The molecule has 2 aromatic carbocycles. The Balaban J connectivity index is 1.73. The third-order valence-corrected chi connectivity index (χ3v) is 5.33. The van der Waals surface area contributed by atoms with Gasteiger partial charge in [-0.25, -0.2) is 9.79 Å². The van der Waals surface area contributed by atoms with Crippen molar-refractivity contribution in [2.24, 2.45) is 4.99 Å². The minimum atomic E-state index is -1.29. The van der Waals surface area contributed by atoms with Gasteiger partial charge in [-0.15, -0.1) is 0 Å². The van der Waals surface area contributed by atoms with Crippen molar-refractivity contribution in [3.63, 3.8) is 0 Å². The van der Waals surface area contributed by atoms with Gasteiger partial charge >= 0.3 is 5.97 Å². The molecule has 2 heterocycles. The summed E-state index contributed by atoms with van der Waals surface area (Å²) in [6.45, 7) is 4.12. The third-order valence-electron chi connectivity index (χ3n) is 5.33. The SMILES string of the molecule is CC1OC(CCN2C(c3ccccc3)=N[C@](C)(C(=O)O)[C@@H]2c2ccccc2)O1. The smallest absolute Gasteiger partial charge is 0.333 e. The van der Waals surface area contributed by atoms with E-state index in [-0.39, 0.29) is 12.6 Å². The van der Waals surface area contributed by atoms with Crippen LogP contribution in [0.3, 0.4) is 0 Å². The number of amidine groups is 1. The fourth-order valence-electron chi connectivity index (χ4n) is 3.95. The average Bonchev–Trinajstić information content (AvgIpc) is 2.99. The maximum Gasteiger partial charge on any atom is 0.333 e. The fraction of sp³-hybridized carbons (Fsp3) is 0.364. The van der Waals surface area contributed by atoms with Crippen LogP contribution in [0.15, 0.2) is 65.7 Å². The average molecular weight is 380 g/mol. The third kappa shape index (κ3) is 3.30. The van der Waals surface area contributed by atoms with E-state index in [1.807, 2.05) is 67.6 Å². The minimum Gasteiger partial charge on any atom is -0.479 e. The molecular formula is C22H24N2O4. The number of nitrogens with zero attached hydrogens (tertiary/aromatic N) is 2.